The van der Waals surface area contributed by atoms with Gasteiger partial charge in [0.15, 0.2) is 5.75 Å². The van der Waals surface area contributed by atoms with Crippen LogP contribution in [0.5, 0.6) is 5.75 Å². The van der Waals surface area contributed by atoms with Crippen molar-refractivity contribution in [3.05, 3.63) is 76.5 Å². The molecule has 0 saturated heterocycles. The van der Waals surface area contributed by atoms with E-state index in [0.29, 0.717) is 28.8 Å². The second kappa shape index (κ2) is 8.05. The summed E-state index contributed by atoms with van der Waals surface area (Å²) in [6.45, 7) is 0.449. The Morgan fingerprint density at radius 1 is 1.12 bits per heavy atom. The van der Waals surface area contributed by atoms with E-state index in [1.54, 1.807) is 23.0 Å². The van der Waals surface area contributed by atoms with E-state index in [2.05, 4.69) is 10.4 Å². The van der Waals surface area contributed by atoms with Crippen LogP contribution in [-0.4, -0.2) is 22.4 Å². The molecule has 0 aliphatic carbocycles. The highest BCUT2D eigenvalue weighted by Gasteiger charge is 2.07. The van der Waals surface area contributed by atoms with Crippen molar-refractivity contribution in [1.82, 2.24) is 15.1 Å². The van der Waals surface area contributed by atoms with Gasteiger partial charge in [-0.2, -0.15) is 5.10 Å². The number of aromatic nitrogens is 2. The Morgan fingerprint density at radius 2 is 1.92 bits per heavy atom. The molecule has 0 spiro atoms. The minimum Gasteiger partial charge on any atom is -0.407 e. The molecule has 0 atom stereocenters. The van der Waals surface area contributed by atoms with E-state index in [1.807, 2.05) is 36.4 Å². The van der Waals surface area contributed by atoms with Crippen molar-refractivity contribution in [2.24, 2.45) is 0 Å². The van der Waals surface area contributed by atoms with Crippen LogP contribution >= 0.6 is 23.2 Å². The van der Waals surface area contributed by atoms with Gasteiger partial charge in [-0.15, -0.1) is 0 Å². The molecule has 1 aromatic heterocycles. The van der Waals surface area contributed by atoms with E-state index in [0.717, 1.165) is 11.3 Å². The second-order valence-electron chi connectivity index (χ2n) is 5.29. The zero-order valence-electron chi connectivity index (χ0n) is 13.2. The number of benzene rings is 2. The molecule has 0 aliphatic rings. The first-order valence-electron chi connectivity index (χ1n) is 7.61. The zero-order valence-corrected chi connectivity index (χ0v) is 14.7. The Hall–Kier alpha value is -2.50. The molecule has 1 heterocycles. The van der Waals surface area contributed by atoms with Gasteiger partial charge in [0.25, 0.3) is 0 Å². The fourth-order valence-corrected chi connectivity index (χ4v) is 2.58. The molecule has 0 unspecified atom stereocenters. The van der Waals surface area contributed by atoms with Gasteiger partial charge in [-0.3, -0.25) is 0 Å². The summed E-state index contributed by atoms with van der Waals surface area (Å²) in [7, 11) is 0. The number of halogens is 2. The lowest BCUT2D eigenvalue weighted by molar-refractivity contribution is 0.200. The minimum absolute atomic E-state index is 0.357. The largest absolute Gasteiger partial charge is 0.412 e. The Bertz CT molecular complexity index is 863. The van der Waals surface area contributed by atoms with E-state index in [4.69, 9.17) is 27.9 Å². The standard InChI is InChI=1S/C18H15Cl2N3O2/c19-14-4-6-16(7-5-14)23-12-17(11-22-23)25-18(24)21-9-8-13-2-1-3-15(20)10-13/h1-7,10-12H,8-9H2,(H,21,24). The van der Waals surface area contributed by atoms with Crippen LogP contribution in [-0.2, 0) is 6.42 Å². The maximum atomic E-state index is 11.8. The third kappa shape index (κ3) is 4.98. The highest BCUT2D eigenvalue weighted by atomic mass is 35.5. The molecule has 1 N–H and O–H groups in total. The quantitative estimate of drug-likeness (QED) is 0.713. The third-order valence-electron chi connectivity index (χ3n) is 3.43. The number of carbonyl (C=O) groups excluding carboxylic acids is 1. The molecular weight excluding hydrogens is 361 g/mol. The average molecular weight is 376 g/mol. The number of ether oxygens (including phenoxy) is 1. The highest BCUT2D eigenvalue weighted by molar-refractivity contribution is 6.30. The van der Waals surface area contributed by atoms with Crippen molar-refractivity contribution < 1.29 is 9.53 Å². The van der Waals surface area contributed by atoms with Crippen molar-refractivity contribution in [3.63, 3.8) is 0 Å². The Kier molecular flexibility index (Phi) is 5.58. The fraction of sp³-hybridized carbons (Fsp3) is 0.111. The molecular formula is C18H15Cl2N3O2. The van der Waals surface area contributed by atoms with Crippen molar-refractivity contribution in [3.8, 4) is 11.4 Å². The molecule has 0 fully saturated rings. The summed E-state index contributed by atoms with van der Waals surface area (Å²) >= 11 is 11.8. The van der Waals surface area contributed by atoms with Crippen LogP contribution in [0.2, 0.25) is 10.0 Å². The number of rotatable bonds is 5. The zero-order chi connectivity index (χ0) is 17.6. The summed E-state index contributed by atoms with van der Waals surface area (Å²) in [6.07, 6.45) is 3.24. The van der Waals surface area contributed by atoms with Gasteiger partial charge < -0.3 is 10.1 Å². The SMILES string of the molecule is O=C(NCCc1cccc(Cl)c1)Oc1cnn(-c2ccc(Cl)cc2)c1. The number of nitrogens with zero attached hydrogens (tertiary/aromatic N) is 2. The predicted octanol–water partition coefficient (Wildman–Crippen LogP) is 4.51. The van der Waals surface area contributed by atoms with Gasteiger partial charge in [-0.1, -0.05) is 35.3 Å². The first kappa shape index (κ1) is 17.3. The van der Waals surface area contributed by atoms with Gasteiger partial charge in [0.05, 0.1) is 18.1 Å². The van der Waals surface area contributed by atoms with Gasteiger partial charge in [-0.05, 0) is 48.4 Å². The molecule has 3 rings (SSSR count). The molecule has 7 heteroatoms. The second-order valence-corrected chi connectivity index (χ2v) is 6.17. The van der Waals surface area contributed by atoms with E-state index < -0.39 is 6.09 Å². The van der Waals surface area contributed by atoms with E-state index >= 15 is 0 Å². The number of hydrogen-bond acceptors (Lipinski definition) is 3. The van der Waals surface area contributed by atoms with E-state index in [-0.39, 0.29) is 0 Å². The molecule has 1 amide bonds. The first-order chi connectivity index (χ1) is 12.1. The van der Waals surface area contributed by atoms with Crippen LogP contribution in [0.15, 0.2) is 60.9 Å². The van der Waals surface area contributed by atoms with Crippen molar-refractivity contribution in [2.75, 3.05) is 6.54 Å². The summed E-state index contributed by atoms with van der Waals surface area (Å²) in [5, 5.41) is 8.18. The molecule has 128 valence electrons. The lowest BCUT2D eigenvalue weighted by Crippen LogP contribution is -2.28. The Balaban J connectivity index is 1.50. The molecule has 2 aromatic carbocycles. The smallest absolute Gasteiger partial charge is 0.407 e. The maximum absolute atomic E-state index is 11.8. The van der Waals surface area contributed by atoms with Crippen LogP contribution in [0, 0.1) is 0 Å². The predicted molar refractivity (Wildman–Crippen MR) is 97.8 cm³/mol. The van der Waals surface area contributed by atoms with Gasteiger partial charge >= 0.3 is 6.09 Å². The molecule has 0 bridgehead atoms. The van der Waals surface area contributed by atoms with Crippen molar-refractivity contribution in [1.29, 1.82) is 0 Å². The van der Waals surface area contributed by atoms with Gasteiger partial charge in [0.2, 0.25) is 0 Å². The van der Waals surface area contributed by atoms with Gasteiger partial charge in [0, 0.05) is 16.6 Å². The fourth-order valence-electron chi connectivity index (χ4n) is 2.24. The molecule has 5 nitrogen and oxygen atoms in total. The van der Waals surface area contributed by atoms with Crippen LogP contribution in [0.25, 0.3) is 5.69 Å². The van der Waals surface area contributed by atoms with Gasteiger partial charge in [0.1, 0.15) is 0 Å². The topological polar surface area (TPSA) is 56.1 Å². The van der Waals surface area contributed by atoms with Crippen molar-refractivity contribution in [2.45, 2.75) is 6.42 Å². The lowest BCUT2D eigenvalue weighted by Gasteiger charge is -2.05. The van der Waals surface area contributed by atoms with Crippen LogP contribution in [0.1, 0.15) is 5.56 Å². The normalized spacial score (nSPS) is 10.5. The molecule has 0 aliphatic heterocycles. The van der Waals surface area contributed by atoms with Gasteiger partial charge in [-0.25, -0.2) is 9.48 Å². The Labute approximate surface area is 155 Å². The molecule has 3 aromatic rings. The average Bonchev–Trinajstić information content (AvgIpc) is 3.04. The Morgan fingerprint density at radius 3 is 2.68 bits per heavy atom. The maximum Gasteiger partial charge on any atom is 0.412 e. The van der Waals surface area contributed by atoms with Crippen LogP contribution < -0.4 is 10.1 Å². The summed E-state index contributed by atoms with van der Waals surface area (Å²) in [6, 6.07) is 14.7. The van der Waals surface area contributed by atoms with Crippen molar-refractivity contribution >= 4 is 29.3 Å². The molecule has 0 saturated carbocycles. The van der Waals surface area contributed by atoms with E-state index in [1.165, 1.54) is 6.20 Å². The summed E-state index contributed by atoms with van der Waals surface area (Å²) in [5.74, 6) is 0.357. The van der Waals surface area contributed by atoms with Crippen LogP contribution in [0.3, 0.4) is 0 Å². The highest BCUT2D eigenvalue weighted by Crippen LogP contribution is 2.16. The summed E-state index contributed by atoms with van der Waals surface area (Å²) in [4.78, 5) is 11.8. The third-order valence-corrected chi connectivity index (χ3v) is 3.92. The monoisotopic (exact) mass is 375 g/mol. The summed E-state index contributed by atoms with van der Waals surface area (Å²) < 4.78 is 6.82. The number of nitrogens with one attached hydrogen (secondary N) is 1. The molecule has 25 heavy (non-hydrogen) atoms. The minimum atomic E-state index is -0.530. The number of amides is 1. The van der Waals surface area contributed by atoms with Crippen LogP contribution in [0.4, 0.5) is 4.79 Å². The first-order valence-corrected chi connectivity index (χ1v) is 8.36. The number of hydrogen-bond donors (Lipinski definition) is 1. The lowest BCUT2D eigenvalue weighted by atomic mass is 10.1. The number of carbonyl (C=O) groups is 1. The summed E-state index contributed by atoms with van der Waals surface area (Å²) in [5.41, 5.74) is 1.86. The molecule has 0 radical (unpaired) electrons. The van der Waals surface area contributed by atoms with E-state index in [9.17, 15) is 4.79 Å².